The number of benzene rings is 2. The molecule has 0 N–H and O–H groups in total. The molecule has 0 fully saturated rings. The van der Waals surface area contributed by atoms with Crippen LogP contribution in [-0.2, 0) is 4.74 Å². The molecule has 2 aromatic rings. The molecule has 0 atom stereocenters. The first-order chi connectivity index (χ1) is 17.7. The van der Waals surface area contributed by atoms with Gasteiger partial charge in [0.25, 0.3) is 0 Å². The van der Waals surface area contributed by atoms with Crippen molar-refractivity contribution in [2.45, 2.75) is 0 Å². The molecule has 0 saturated heterocycles. The van der Waals surface area contributed by atoms with Gasteiger partial charge in [0.2, 0.25) is 0 Å². The average Bonchev–Trinajstić information content (AvgIpc) is 2.87. The standard InChI is InChI=1S/C29H24Cl2NO.BF3.FH/c1-32(2)27-17-7-21(8-18-27)5-3-4-6-28-19-24(22-9-13-25(30)14-10-22)20-29(33-28)23-11-15-26(31)16-12-23;2-1(3)4;/h3-20H,1-2H3;;1H/q+1;;/p-1. The highest BCUT2D eigenvalue weighted by Crippen LogP contribution is 2.32. The van der Waals surface area contributed by atoms with Gasteiger partial charge in [-0.25, -0.2) is 4.58 Å². The third-order valence-electron chi connectivity index (χ3n) is 5.19. The van der Waals surface area contributed by atoms with Gasteiger partial charge in [-0.1, -0.05) is 53.6 Å². The van der Waals surface area contributed by atoms with Gasteiger partial charge in [-0.05, 0) is 83.5 Å². The van der Waals surface area contributed by atoms with E-state index < -0.39 is 7.54 Å². The highest BCUT2D eigenvalue weighted by Gasteiger charge is 2.14. The van der Waals surface area contributed by atoms with Crippen LogP contribution in [0, 0.1) is 0 Å². The quantitative estimate of drug-likeness (QED) is 0.272. The minimum atomic E-state index is -3.67. The fraction of sp³-hybridized carbons (Fsp3) is 0.0690. The highest BCUT2D eigenvalue weighted by atomic mass is 35.5. The van der Waals surface area contributed by atoms with Gasteiger partial charge >= 0.3 is 7.54 Å². The second-order valence-corrected chi connectivity index (χ2v) is 8.95. The Hall–Kier alpha value is -3.55. The smallest absolute Gasteiger partial charge is 0.762 e. The van der Waals surface area contributed by atoms with Crippen LogP contribution in [0.2, 0.25) is 10.0 Å². The zero-order chi connectivity index (χ0) is 26.8. The van der Waals surface area contributed by atoms with E-state index >= 15 is 0 Å². The number of hydrogen-bond donors (Lipinski definition) is 0. The number of nitrogens with zero attached hydrogens (tertiary/aromatic N) is 1. The molecule has 0 amide bonds. The van der Waals surface area contributed by atoms with Crippen LogP contribution < -0.4 is 4.70 Å². The molecule has 38 heavy (non-hydrogen) atoms. The Morgan fingerprint density at radius 1 is 0.737 bits per heavy atom. The van der Waals surface area contributed by atoms with Crippen LogP contribution in [0.3, 0.4) is 0 Å². The van der Waals surface area contributed by atoms with Crippen LogP contribution >= 0.6 is 23.2 Å². The third-order valence-corrected chi connectivity index (χ3v) is 5.69. The summed E-state index contributed by atoms with van der Waals surface area (Å²) in [4.78, 5) is 0. The van der Waals surface area contributed by atoms with Crippen LogP contribution in [0.15, 0.2) is 121 Å². The molecule has 0 spiro atoms. The molecule has 1 aliphatic carbocycles. The van der Waals surface area contributed by atoms with Gasteiger partial charge in [0.15, 0.2) is 5.71 Å². The summed E-state index contributed by atoms with van der Waals surface area (Å²) < 4.78 is 37.3. The number of ether oxygens (including phenoxy) is 1. The summed E-state index contributed by atoms with van der Waals surface area (Å²) in [6.07, 6.45) is 20.5. The van der Waals surface area contributed by atoms with Crippen LogP contribution in [0.25, 0.3) is 11.3 Å². The molecule has 0 saturated carbocycles. The van der Waals surface area contributed by atoms with Crippen molar-refractivity contribution < 1.29 is 27.0 Å². The van der Waals surface area contributed by atoms with E-state index in [1.54, 1.807) is 0 Å². The SMILES string of the molecule is C[N+](C)=C1C=CC(=CC=CC=C2C=C(c3ccc(Cl)cc3)C=C(c3ccc(Cl)cc3)O2)C=C1.FB(F)F.[F-]. The summed E-state index contributed by atoms with van der Waals surface area (Å²) in [5.41, 5.74) is 5.39. The van der Waals surface area contributed by atoms with Crippen LogP contribution in [-0.4, -0.2) is 31.9 Å². The zero-order valence-electron chi connectivity index (χ0n) is 20.6. The molecule has 2 aromatic carbocycles. The minimum Gasteiger partial charge on any atom is -1.00 e. The lowest BCUT2D eigenvalue weighted by Gasteiger charge is -2.18. The Morgan fingerprint density at radius 3 is 1.76 bits per heavy atom. The van der Waals surface area contributed by atoms with Crippen molar-refractivity contribution >= 4 is 47.8 Å². The van der Waals surface area contributed by atoms with Crippen molar-refractivity contribution in [3.63, 3.8) is 0 Å². The lowest BCUT2D eigenvalue weighted by atomic mass is 10.0. The maximum Gasteiger partial charge on any atom is 0.762 e. The van der Waals surface area contributed by atoms with Gasteiger partial charge in [-0.2, -0.15) is 0 Å². The summed E-state index contributed by atoms with van der Waals surface area (Å²) in [5.74, 6) is 1.52. The maximum atomic E-state index is 9.67. The number of allylic oxidation sites excluding steroid dienone is 12. The summed E-state index contributed by atoms with van der Waals surface area (Å²) in [5, 5.41) is 1.40. The number of halogens is 6. The van der Waals surface area contributed by atoms with Crippen molar-refractivity contribution in [1.82, 2.24) is 0 Å². The van der Waals surface area contributed by atoms with Crippen molar-refractivity contribution in [1.29, 1.82) is 0 Å². The van der Waals surface area contributed by atoms with Crippen LogP contribution in [0.1, 0.15) is 11.1 Å². The minimum absolute atomic E-state index is 0. The van der Waals surface area contributed by atoms with Crippen molar-refractivity contribution in [3.8, 4) is 0 Å². The van der Waals surface area contributed by atoms with Crippen molar-refractivity contribution in [2.24, 2.45) is 0 Å². The second kappa shape index (κ2) is 15.0. The predicted octanol–water partition coefficient (Wildman–Crippen LogP) is 5.54. The van der Waals surface area contributed by atoms with E-state index in [2.05, 4.69) is 35.0 Å². The molecule has 9 heteroatoms. The van der Waals surface area contributed by atoms with Crippen molar-refractivity contribution in [3.05, 3.63) is 142 Å². The lowest BCUT2D eigenvalue weighted by molar-refractivity contribution is -0.462. The average molecular weight is 560 g/mol. The Morgan fingerprint density at radius 2 is 1.24 bits per heavy atom. The molecule has 2 nitrogen and oxygen atoms in total. The fourth-order valence-electron chi connectivity index (χ4n) is 3.37. The summed E-state index contributed by atoms with van der Waals surface area (Å²) in [6.45, 7) is 0. The molecule has 1 aliphatic heterocycles. The van der Waals surface area contributed by atoms with E-state index in [-0.39, 0.29) is 4.70 Å². The molecular weight excluding hydrogens is 536 g/mol. The first kappa shape index (κ1) is 30.7. The van der Waals surface area contributed by atoms with E-state index in [0.29, 0.717) is 10.0 Å². The molecule has 1 heterocycles. The van der Waals surface area contributed by atoms with Crippen LogP contribution in [0.4, 0.5) is 12.9 Å². The van der Waals surface area contributed by atoms with Gasteiger partial charge in [0, 0.05) is 27.8 Å². The van der Waals surface area contributed by atoms with Gasteiger partial charge in [0.05, 0.1) is 0 Å². The molecule has 2 aliphatic rings. The monoisotopic (exact) mass is 559 g/mol. The van der Waals surface area contributed by atoms with E-state index in [1.807, 2.05) is 93.0 Å². The first-order valence-corrected chi connectivity index (χ1v) is 12.0. The normalized spacial score (nSPS) is 15.2. The zero-order valence-corrected chi connectivity index (χ0v) is 22.1. The Balaban J connectivity index is 0.000000947. The number of hydrogen-bond acceptors (Lipinski definition) is 1. The molecule has 0 radical (unpaired) electrons. The first-order valence-electron chi connectivity index (χ1n) is 11.3. The highest BCUT2D eigenvalue weighted by molar-refractivity contribution is 6.33. The van der Waals surface area contributed by atoms with E-state index in [4.69, 9.17) is 27.9 Å². The van der Waals surface area contributed by atoms with Gasteiger partial charge in [-0.15, -0.1) is 0 Å². The Bertz CT molecular complexity index is 1330. The molecule has 0 unspecified atom stereocenters. The van der Waals surface area contributed by atoms with Gasteiger partial charge < -0.3 is 9.44 Å². The molecule has 0 aromatic heterocycles. The van der Waals surface area contributed by atoms with Gasteiger partial charge in [0.1, 0.15) is 25.6 Å². The summed E-state index contributed by atoms with van der Waals surface area (Å²) in [7, 11) is 0.404. The third kappa shape index (κ3) is 9.73. The number of rotatable bonds is 4. The van der Waals surface area contributed by atoms with Crippen molar-refractivity contribution in [2.75, 3.05) is 14.1 Å². The molecule has 196 valence electrons. The fourth-order valence-corrected chi connectivity index (χ4v) is 3.62. The molecule has 4 rings (SSSR count). The largest absolute Gasteiger partial charge is 1.00 e. The van der Waals surface area contributed by atoms with E-state index in [9.17, 15) is 12.9 Å². The van der Waals surface area contributed by atoms with E-state index in [0.717, 1.165) is 33.8 Å². The second-order valence-electron chi connectivity index (χ2n) is 8.08. The molecule has 0 bridgehead atoms. The van der Waals surface area contributed by atoms with E-state index in [1.165, 1.54) is 5.71 Å². The molecular formula is C29H24BCl2F4NO. The van der Waals surface area contributed by atoms with Gasteiger partial charge in [-0.3, -0.25) is 12.9 Å². The predicted molar refractivity (Wildman–Crippen MR) is 150 cm³/mol. The topological polar surface area (TPSA) is 12.2 Å². The Kier molecular flexibility index (Phi) is 12.1. The maximum absolute atomic E-state index is 9.67. The summed E-state index contributed by atoms with van der Waals surface area (Å²) >= 11 is 12.1. The Labute approximate surface area is 230 Å². The summed E-state index contributed by atoms with van der Waals surface area (Å²) in [6, 6.07) is 15.4. The lowest BCUT2D eigenvalue weighted by Crippen LogP contribution is -3.00. The van der Waals surface area contributed by atoms with Crippen LogP contribution in [0.5, 0.6) is 0 Å².